The molecular weight excluding hydrogens is 378 g/mol. The average Bonchev–Trinajstić information content (AvgIpc) is 3.35. The summed E-state index contributed by atoms with van der Waals surface area (Å²) in [6, 6.07) is 13.7. The summed E-state index contributed by atoms with van der Waals surface area (Å²) in [5.74, 6) is 0.0179. The van der Waals surface area contributed by atoms with Crippen LogP contribution in [0.15, 0.2) is 59.7 Å². The number of rotatable bonds is 4. The molecule has 3 aromatic heterocycles. The number of amides is 1. The number of nitrogens with zero attached hydrogens (tertiary/aromatic N) is 4. The maximum absolute atomic E-state index is 13.1. The Bertz CT molecular complexity index is 1290. The molecule has 30 heavy (non-hydrogen) atoms. The van der Waals surface area contributed by atoms with Gasteiger partial charge in [0.15, 0.2) is 5.65 Å². The Hall–Kier alpha value is -3.74. The zero-order valence-electron chi connectivity index (χ0n) is 16.6. The van der Waals surface area contributed by atoms with Crippen LogP contribution >= 0.6 is 0 Å². The summed E-state index contributed by atoms with van der Waals surface area (Å²) in [5.41, 5.74) is 5.57. The van der Waals surface area contributed by atoms with E-state index in [0.29, 0.717) is 42.8 Å². The van der Waals surface area contributed by atoms with Gasteiger partial charge in [0.05, 0.1) is 24.3 Å². The van der Waals surface area contributed by atoms with Gasteiger partial charge in [-0.3, -0.25) is 19.7 Å². The van der Waals surface area contributed by atoms with Gasteiger partial charge in [0.25, 0.3) is 5.56 Å². The number of nitrogens with one attached hydrogen (secondary N) is 1. The van der Waals surface area contributed by atoms with Gasteiger partial charge < -0.3 is 4.90 Å². The van der Waals surface area contributed by atoms with Crippen LogP contribution in [0.3, 0.4) is 0 Å². The molecule has 7 nitrogen and oxygen atoms in total. The molecular formula is C23H21N5O2. The molecule has 0 bridgehead atoms. The Balaban J connectivity index is 1.44. The predicted molar refractivity (Wildman–Crippen MR) is 113 cm³/mol. The Morgan fingerprint density at radius 3 is 2.73 bits per heavy atom. The standard InChI is InChI=1S/C23H21N5O2/c1-15-21(17-7-3-2-4-8-17)22-25-19-14-27(13-18(19)23(30)28(22)26-15)20(29)10-9-16-6-5-11-24-12-16/h2-8,11-12,26H,9-10,13-14H2,1H3. The molecule has 0 fully saturated rings. The van der Waals surface area contributed by atoms with Crippen LogP contribution in [0, 0.1) is 6.92 Å². The van der Waals surface area contributed by atoms with Crippen LogP contribution in [0.2, 0.25) is 0 Å². The number of benzene rings is 1. The Morgan fingerprint density at radius 1 is 1.13 bits per heavy atom. The van der Waals surface area contributed by atoms with E-state index in [1.54, 1.807) is 17.3 Å². The molecule has 0 aliphatic carbocycles. The summed E-state index contributed by atoms with van der Waals surface area (Å²) in [6.45, 7) is 2.61. The van der Waals surface area contributed by atoms with Crippen molar-refractivity contribution in [3.8, 4) is 11.1 Å². The molecule has 1 amide bonds. The molecule has 1 aromatic carbocycles. The number of carbonyl (C=O) groups excluding carboxylic acids is 1. The first-order valence-electron chi connectivity index (χ1n) is 9.97. The lowest BCUT2D eigenvalue weighted by molar-refractivity contribution is -0.131. The fourth-order valence-electron chi connectivity index (χ4n) is 4.06. The SMILES string of the molecule is Cc1[nH]n2c(=O)c3c(nc2c1-c1ccccc1)CN(C(=O)CCc1cccnc1)C3. The van der Waals surface area contributed by atoms with Crippen molar-refractivity contribution in [2.45, 2.75) is 32.9 Å². The maximum Gasteiger partial charge on any atom is 0.278 e. The second kappa shape index (κ2) is 7.26. The summed E-state index contributed by atoms with van der Waals surface area (Å²) in [7, 11) is 0. The molecule has 7 heteroatoms. The summed E-state index contributed by atoms with van der Waals surface area (Å²) in [5, 5.41) is 3.15. The van der Waals surface area contributed by atoms with Crippen molar-refractivity contribution in [2.75, 3.05) is 0 Å². The van der Waals surface area contributed by atoms with Gasteiger partial charge in [-0.15, -0.1) is 0 Å². The summed E-state index contributed by atoms with van der Waals surface area (Å²) in [6.07, 6.45) is 4.50. The number of fused-ring (bicyclic) bond motifs is 2. The van der Waals surface area contributed by atoms with Crippen LogP contribution in [0.25, 0.3) is 16.8 Å². The lowest BCUT2D eigenvalue weighted by atomic mass is 10.1. The largest absolute Gasteiger partial charge is 0.332 e. The number of aromatic nitrogens is 4. The first kappa shape index (κ1) is 18.3. The fraction of sp³-hybridized carbons (Fsp3) is 0.217. The van der Waals surface area contributed by atoms with E-state index >= 15 is 0 Å². The Labute approximate surface area is 173 Å². The van der Waals surface area contributed by atoms with Gasteiger partial charge in [-0.1, -0.05) is 36.4 Å². The van der Waals surface area contributed by atoms with Crippen LogP contribution < -0.4 is 5.56 Å². The highest BCUT2D eigenvalue weighted by Gasteiger charge is 2.29. The number of aryl methyl sites for hydroxylation is 2. The molecule has 5 rings (SSSR count). The molecule has 0 spiro atoms. The van der Waals surface area contributed by atoms with Crippen LogP contribution in [-0.4, -0.2) is 30.4 Å². The van der Waals surface area contributed by atoms with Gasteiger partial charge in [0.2, 0.25) is 5.91 Å². The second-order valence-electron chi connectivity index (χ2n) is 7.59. The molecule has 1 aliphatic rings. The number of H-pyrrole nitrogens is 1. The van der Waals surface area contributed by atoms with Crippen molar-refractivity contribution in [1.29, 1.82) is 0 Å². The van der Waals surface area contributed by atoms with Crippen molar-refractivity contribution in [3.63, 3.8) is 0 Å². The smallest absolute Gasteiger partial charge is 0.278 e. The van der Waals surface area contributed by atoms with Gasteiger partial charge >= 0.3 is 0 Å². The van der Waals surface area contributed by atoms with Crippen molar-refractivity contribution in [3.05, 3.63) is 87.7 Å². The summed E-state index contributed by atoms with van der Waals surface area (Å²) < 4.78 is 1.50. The maximum atomic E-state index is 13.1. The van der Waals surface area contributed by atoms with Gasteiger partial charge in [0.1, 0.15) is 0 Å². The molecule has 0 atom stereocenters. The normalized spacial score (nSPS) is 13.0. The number of hydrogen-bond acceptors (Lipinski definition) is 4. The van der Waals surface area contributed by atoms with Crippen LogP contribution in [-0.2, 0) is 24.3 Å². The average molecular weight is 399 g/mol. The van der Waals surface area contributed by atoms with E-state index in [4.69, 9.17) is 4.98 Å². The first-order chi connectivity index (χ1) is 14.6. The third-order valence-corrected chi connectivity index (χ3v) is 5.60. The van der Waals surface area contributed by atoms with Crippen LogP contribution in [0.5, 0.6) is 0 Å². The number of carbonyl (C=O) groups is 1. The van der Waals surface area contributed by atoms with E-state index in [1.165, 1.54) is 4.52 Å². The zero-order valence-corrected chi connectivity index (χ0v) is 16.6. The Kier molecular flexibility index (Phi) is 4.43. The van der Waals surface area contributed by atoms with Crippen molar-refractivity contribution in [2.24, 2.45) is 0 Å². The number of hydrogen-bond donors (Lipinski definition) is 1. The number of aromatic amines is 1. The molecule has 4 aromatic rings. The molecule has 0 saturated heterocycles. The van der Waals surface area contributed by atoms with Crippen molar-refractivity contribution >= 4 is 11.6 Å². The van der Waals surface area contributed by atoms with E-state index < -0.39 is 0 Å². The predicted octanol–water partition coefficient (Wildman–Crippen LogP) is 2.87. The fourth-order valence-corrected chi connectivity index (χ4v) is 4.06. The van der Waals surface area contributed by atoms with E-state index in [9.17, 15) is 9.59 Å². The van der Waals surface area contributed by atoms with Crippen LogP contribution in [0.1, 0.15) is 28.9 Å². The quantitative estimate of drug-likeness (QED) is 0.572. The molecule has 1 aliphatic heterocycles. The molecule has 4 heterocycles. The van der Waals surface area contributed by atoms with E-state index in [1.807, 2.05) is 49.4 Å². The van der Waals surface area contributed by atoms with Crippen molar-refractivity contribution < 1.29 is 4.79 Å². The molecule has 150 valence electrons. The lowest BCUT2D eigenvalue weighted by Crippen LogP contribution is -2.26. The number of pyridine rings is 1. The van der Waals surface area contributed by atoms with Crippen LogP contribution in [0.4, 0.5) is 0 Å². The highest BCUT2D eigenvalue weighted by atomic mass is 16.2. The van der Waals surface area contributed by atoms with Gasteiger partial charge in [0, 0.05) is 30.1 Å². The molecule has 1 N–H and O–H groups in total. The van der Waals surface area contributed by atoms with E-state index in [-0.39, 0.29) is 11.5 Å². The van der Waals surface area contributed by atoms with E-state index in [2.05, 4.69) is 10.1 Å². The highest BCUT2D eigenvalue weighted by molar-refractivity contribution is 5.80. The molecule has 0 radical (unpaired) electrons. The Morgan fingerprint density at radius 2 is 1.97 bits per heavy atom. The van der Waals surface area contributed by atoms with Crippen molar-refractivity contribution in [1.82, 2.24) is 24.5 Å². The minimum atomic E-state index is -0.136. The minimum Gasteiger partial charge on any atom is -0.332 e. The first-order valence-corrected chi connectivity index (χ1v) is 9.97. The molecule has 0 saturated carbocycles. The molecule has 0 unspecified atom stereocenters. The summed E-state index contributed by atoms with van der Waals surface area (Å²) in [4.78, 5) is 36.4. The van der Waals surface area contributed by atoms with Gasteiger partial charge in [-0.05, 0) is 30.5 Å². The third kappa shape index (κ3) is 3.08. The third-order valence-electron chi connectivity index (χ3n) is 5.60. The zero-order chi connectivity index (χ0) is 20.7. The highest BCUT2D eigenvalue weighted by Crippen LogP contribution is 2.28. The summed E-state index contributed by atoms with van der Waals surface area (Å²) >= 11 is 0. The lowest BCUT2D eigenvalue weighted by Gasteiger charge is -2.14. The topological polar surface area (TPSA) is 83.4 Å². The van der Waals surface area contributed by atoms with E-state index in [0.717, 1.165) is 22.4 Å². The second-order valence-corrected chi connectivity index (χ2v) is 7.59. The minimum absolute atomic E-state index is 0.0179. The monoisotopic (exact) mass is 399 g/mol. The van der Waals surface area contributed by atoms with Gasteiger partial charge in [-0.2, -0.15) is 0 Å². The van der Waals surface area contributed by atoms with Gasteiger partial charge in [-0.25, -0.2) is 9.50 Å².